The predicted octanol–water partition coefficient (Wildman–Crippen LogP) is 3.18. The van der Waals surface area contributed by atoms with Crippen molar-refractivity contribution in [1.29, 1.82) is 0 Å². The SMILES string of the molecule is CC(C)(C)CC(=S)CNC(C)(C)C. The van der Waals surface area contributed by atoms with E-state index < -0.39 is 0 Å². The van der Waals surface area contributed by atoms with Crippen LogP contribution in [0.3, 0.4) is 0 Å². The molecule has 2 heteroatoms. The molecule has 0 radical (unpaired) electrons. The van der Waals surface area contributed by atoms with Gasteiger partial charge in [-0.1, -0.05) is 33.0 Å². The zero-order valence-electron chi connectivity index (χ0n) is 9.82. The first-order chi connectivity index (χ1) is 5.60. The van der Waals surface area contributed by atoms with Gasteiger partial charge in [-0.15, -0.1) is 0 Å². The lowest BCUT2D eigenvalue weighted by Crippen LogP contribution is -2.39. The summed E-state index contributed by atoms with van der Waals surface area (Å²) in [5, 5.41) is 3.40. The standard InChI is InChI=1S/C11H23NS/c1-10(2,3)7-9(13)8-12-11(4,5)6/h12H,7-8H2,1-6H3. The molecular weight excluding hydrogens is 178 g/mol. The Morgan fingerprint density at radius 2 is 1.54 bits per heavy atom. The van der Waals surface area contributed by atoms with E-state index in [1.165, 1.54) is 0 Å². The molecule has 0 aromatic heterocycles. The lowest BCUT2D eigenvalue weighted by molar-refractivity contribution is 0.422. The molecule has 0 atom stereocenters. The third-order valence-corrected chi connectivity index (χ3v) is 1.83. The van der Waals surface area contributed by atoms with Crippen molar-refractivity contribution in [3.05, 3.63) is 0 Å². The topological polar surface area (TPSA) is 12.0 Å². The van der Waals surface area contributed by atoms with Crippen LogP contribution in [0.5, 0.6) is 0 Å². The van der Waals surface area contributed by atoms with E-state index in [0.29, 0.717) is 5.41 Å². The Morgan fingerprint density at radius 1 is 1.08 bits per heavy atom. The van der Waals surface area contributed by atoms with Crippen molar-refractivity contribution < 1.29 is 0 Å². The minimum absolute atomic E-state index is 0.169. The van der Waals surface area contributed by atoms with Gasteiger partial charge < -0.3 is 5.32 Å². The van der Waals surface area contributed by atoms with Crippen molar-refractivity contribution in [3.8, 4) is 0 Å². The largest absolute Gasteiger partial charge is 0.307 e. The Balaban J connectivity index is 3.78. The summed E-state index contributed by atoms with van der Waals surface area (Å²) in [7, 11) is 0. The van der Waals surface area contributed by atoms with Gasteiger partial charge in [0.15, 0.2) is 0 Å². The van der Waals surface area contributed by atoms with Crippen LogP contribution in [-0.2, 0) is 0 Å². The average Bonchev–Trinajstić information content (AvgIpc) is 1.78. The normalized spacial score (nSPS) is 13.1. The maximum absolute atomic E-state index is 5.31. The Kier molecular flexibility index (Phi) is 4.53. The monoisotopic (exact) mass is 201 g/mol. The first-order valence-electron chi connectivity index (χ1n) is 4.87. The van der Waals surface area contributed by atoms with E-state index in [1.54, 1.807) is 0 Å². The van der Waals surface area contributed by atoms with E-state index >= 15 is 0 Å². The minimum Gasteiger partial charge on any atom is -0.307 e. The predicted molar refractivity (Wildman–Crippen MR) is 64.4 cm³/mol. The Morgan fingerprint density at radius 3 is 1.85 bits per heavy atom. The van der Waals surface area contributed by atoms with Gasteiger partial charge in [-0.2, -0.15) is 0 Å². The molecule has 1 N–H and O–H groups in total. The second-order valence-electron chi connectivity index (χ2n) is 5.88. The van der Waals surface area contributed by atoms with Crippen molar-refractivity contribution in [3.63, 3.8) is 0 Å². The second-order valence-corrected chi connectivity index (χ2v) is 6.46. The lowest BCUT2D eigenvalue weighted by atomic mass is 9.90. The highest BCUT2D eigenvalue weighted by Gasteiger charge is 2.15. The molecule has 0 bridgehead atoms. The van der Waals surface area contributed by atoms with Crippen LogP contribution in [0.1, 0.15) is 48.0 Å². The van der Waals surface area contributed by atoms with Gasteiger partial charge in [-0.05, 0) is 32.6 Å². The number of thiocarbonyl (C=S) groups is 1. The molecular formula is C11H23NS. The molecule has 0 rings (SSSR count). The molecule has 0 amide bonds. The van der Waals surface area contributed by atoms with E-state index in [9.17, 15) is 0 Å². The van der Waals surface area contributed by atoms with Gasteiger partial charge in [0.25, 0.3) is 0 Å². The summed E-state index contributed by atoms with van der Waals surface area (Å²) in [6.07, 6.45) is 1.02. The molecule has 0 saturated heterocycles. The lowest BCUT2D eigenvalue weighted by Gasteiger charge is -2.23. The summed E-state index contributed by atoms with van der Waals surface area (Å²) in [5.74, 6) is 0. The van der Waals surface area contributed by atoms with Crippen LogP contribution in [0.4, 0.5) is 0 Å². The van der Waals surface area contributed by atoms with E-state index in [1.807, 2.05) is 0 Å². The average molecular weight is 201 g/mol. The van der Waals surface area contributed by atoms with Gasteiger partial charge in [-0.25, -0.2) is 0 Å². The second kappa shape index (κ2) is 4.52. The van der Waals surface area contributed by atoms with Crippen LogP contribution in [0.2, 0.25) is 0 Å². The van der Waals surface area contributed by atoms with E-state index in [2.05, 4.69) is 46.9 Å². The number of nitrogens with one attached hydrogen (secondary N) is 1. The van der Waals surface area contributed by atoms with E-state index in [0.717, 1.165) is 17.8 Å². The molecule has 0 fully saturated rings. The van der Waals surface area contributed by atoms with Gasteiger partial charge in [0, 0.05) is 16.9 Å². The Labute approximate surface area is 88.3 Å². The molecule has 0 spiro atoms. The first kappa shape index (κ1) is 13.1. The van der Waals surface area contributed by atoms with Crippen molar-refractivity contribution in [2.24, 2.45) is 5.41 Å². The van der Waals surface area contributed by atoms with Crippen LogP contribution in [-0.4, -0.2) is 16.9 Å². The Bertz CT molecular complexity index is 172. The fraction of sp³-hybridized carbons (Fsp3) is 0.909. The molecule has 0 aromatic carbocycles. The molecule has 0 aliphatic heterocycles. The van der Waals surface area contributed by atoms with Crippen molar-refractivity contribution in [2.75, 3.05) is 6.54 Å². The van der Waals surface area contributed by atoms with Crippen LogP contribution in [0.15, 0.2) is 0 Å². The molecule has 0 unspecified atom stereocenters. The van der Waals surface area contributed by atoms with E-state index in [4.69, 9.17) is 12.2 Å². The molecule has 0 saturated carbocycles. The maximum atomic E-state index is 5.31. The van der Waals surface area contributed by atoms with E-state index in [-0.39, 0.29) is 5.54 Å². The third-order valence-electron chi connectivity index (χ3n) is 1.54. The number of hydrogen-bond acceptors (Lipinski definition) is 2. The maximum Gasteiger partial charge on any atom is 0.0274 e. The highest BCUT2D eigenvalue weighted by molar-refractivity contribution is 7.80. The van der Waals surface area contributed by atoms with Crippen LogP contribution in [0.25, 0.3) is 0 Å². The van der Waals surface area contributed by atoms with Crippen LogP contribution >= 0.6 is 12.2 Å². The summed E-state index contributed by atoms with van der Waals surface area (Å²) in [4.78, 5) is 1.13. The number of rotatable bonds is 3. The van der Waals surface area contributed by atoms with Gasteiger partial charge in [0.2, 0.25) is 0 Å². The highest BCUT2D eigenvalue weighted by Crippen LogP contribution is 2.19. The summed E-state index contributed by atoms with van der Waals surface area (Å²) >= 11 is 5.31. The fourth-order valence-electron chi connectivity index (χ4n) is 1.02. The highest BCUT2D eigenvalue weighted by atomic mass is 32.1. The Hall–Kier alpha value is 0.0500. The summed E-state index contributed by atoms with van der Waals surface area (Å²) < 4.78 is 0. The smallest absolute Gasteiger partial charge is 0.0274 e. The van der Waals surface area contributed by atoms with Crippen molar-refractivity contribution in [1.82, 2.24) is 5.32 Å². The zero-order chi connectivity index (χ0) is 10.7. The van der Waals surface area contributed by atoms with Crippen LogP contribution < -0.4 is 5.32 Å². The third kappa shape index (κ3) is 9.97. The van der Waals surface area contributed by atoms with Crippen molar-refractivity contribution >= 4 is 17.1 Å². The zero-order valence-corrected chi connectivity index (χ0v) is 10.6. The molecule has 0 heterocycles. The molecule has 13 heavy (non-hydrogen) atoms. The van der Waals surface area contributed by atoms with Gasteiger partial charge in [0.05, 0.1) is 0 Å². The first-order valence-corrected chi connectivity index (χ1v) is 5.28. The quantitative estimate of drug-likeness (QED) is 0.704. The molecule has 0 aliphatic rings. The molecule has 78 valence electrons. The summed E-state index contributed by atoms with van der Waals surface area (Å²) in [5.41, 5.74) is 0.485. The summed E-state index contributed by atoms with van der Waals surface area (Å²) in [6, 6.07) is 0. The molecule has 0 aromatic rings. The minimum atomic E-state index is 0.169. The van der Waals surface area contributed by atoms with Gasteiger partial charge >= 0.3 is 0 Å². The van der Waals surface area contributed by atoms with Crippen molar-refractivity contribution in [2.45, 2.75) is 53.5 Å². The van der Waals surface area contributed by atoms with Gasteiger partial charge in [0.1, 0.15) is 0 Å². The summed E-state index contributed by atoms with van der Waals surface area (Å²) in [6.45, 7) is 14.0. The van der Waals surface area contributed by atoms with Crippen LogP contribution in [0, 0.1) is 5.41 Å². The fourth-order valence-corrected chi connectivity index (χ4v) is 1.52. The molecule has 0 aliphatic carbocycles. The van der Waals surface area contributed by atoms with Gasteiger partial charge in [-0.3, -0.25) is 0 Å². The number of hydrogen-bond donors (Lipinski definition) is 1. The molecule has 1 nitrogen and oxygen atoms in total.